The molecule has 4 nitrogen and oxygen atoms in total. The van der Waals surface area contributed by atoms with Crippen LogP contribution in [-0.4, -0.2) is 45.2 Å². The lowest BCUT2D eigenvalue weighted by molar-refractivity contribution is 0.0690. The molecule has 116 valence electrons. The zero-order valence-corrected chi connectivity index (χ0v) is 13.3. The number of amides is 1. The number of hydrogen-bond acceptors (Lipinski definition) is 3. The zero-order chi connectivity index (χ0) is 15.6. The molecule has 0 aliphatic carbocycles. The molecule has 3 atom stereocenters. The number of para-hydroxylation sites is 1. The highest BCUT2D eigenvalue weighted by Crippen LogP contribution is 2.27. The van der Waals surface area contributed by atoms with E-state index in [1.807, 2.05) is 13.8 Å². The molecular weight excluding hydrogens is 293 g/mol. The number of nitrogens with zero attached hydrogens (tertiary/aromatic N) is 1. The standard InChI is InChI=1S/C15H20FNO3S/c1-4-20-14-12(6-5-7-13(14)16)15(18)17-8-9-21(19)11(3)10(17)2/h5-7,10-11H,4,8-9H2,1-3H3/t10-,11-,21+/m1/s1. The van der Waals surface area contributed by atoms with Crippen molar-refractivity contribution >= 4 is 16.7 Å². The molecule has 1 aromatic rings. The molecule has 1 aliphatic heterocycles. The van der Waals surface area contributed by atoms with E-state index in [2.05, 4.69) is 0 Å². The number of benzene rings is 1. The average Bonchev–Trinajstić information content (AvgIpc) is 2.46. The smallest absolute Gasteiger partial charge is 0.258 e. The molecule has 21 heavy (non-hydrogen) atoms. The third kappa shape index (κ3) is 3.10. The molecule has 1 fully saturated rings. The average molecular weight is 313 g/mol. The highest BCUT2D eigenvalue weighted by atomic mass is 32.2. The summed E-state index contributed by atoms with van der Waals surface area (Å²) in [6.07, 6.45) is 0. The molecule has 6 heteroatoms. The molecule has 1 amide bonds. The van der Waals surface area contributed by atoms with Crippen molar-refractivity contribution in [3.05, 3.63) is 29.6 Å². The van der Waals surface area contributed by atoms with Crippen LogP contribution in [0.2, 0.25) is 0 Å². The summed E-state index contributed by atoms with van der Waals surface area (Å²) in [5.41, 5.74) is 0.226. The van der Waals surface area contributed by atoms with Gasteiger partial charge in [0.05, 0.1) is 17.4 Å². The summed E-state index contributed by atoms with van der Waals surface area (Å²) in [6.45, 7) is 6.19. The summed E-state index contributed by atoms with van der Waals surface area (Å²) < 4.78 is 31.0. The fourth-order valence-corrected chi connectivity index (χ4v) is 3.80. The highest BCUT2D eigenvalue weighted by Gasteiger charge is 2.34. The van der Waals surface area contributed by atoms with Gasteiger partial charge < -0.3 is 9.64 Å². The Morgan fingerprint density at radius 2 is 2.19 bits per heavy atom. The molecule has 0 aromatic heterocycles. The Labute approximate surface area is 126 Å². The summed E-state index contributed by atoms with van der Waals surface area (Å²) in [5, 5.41) is -0.0909. The Morgan fingerprint density at radius 3 is 2.86 bits per heavy atom. The van der Waals surface area contributed by atoms with E-state index in [1.54, 1.807) is 17.9 Å². The minimum absolute atomic E-state index is 0.00320. The normalized spacial score (nSPS) is 25.7. The van der Waals surface area contributed by atoms with E-state index in [0.717, 1.165) is 0 Å². The SMILES string of the molecule is CCOc1c(F)cccc1C(=O)N1CC[S@](=O)[C@H](C)[C@H]1C. The van der Waals surface area contributed by atoms with Gasteiger partial charge in [0.1, 0.15) is 0 Å². The molecule has 1 saturated heterocycles. The fourth-order valence-electron chi connectivity index (χ4n) is 2.46. The first-order valence-corrected chi connectivity index (χ1v) is 8.45. The van der Waals surface area contributed by atoms with Crippen molar-refractivity contribution in [3.63, 3.8) is 0 Å². The predicted octanol–water partition coefficient (Wildman–Crippen LogP) is 2.21. The molecule has 0 unspecified atom stereocenters. The summed E-state index contributed by atoms with van der Waals surface area (Å²) in [5.74, 6) is -0.356. The van der Waals surface area contributed by atoms with Crippen molar-refractivity contribution in [1.82, 2.24) is 4.90 Å². The third-order valence-corrected chi connectivity index (χ3v) is 5.67. The molecule has 0 bridgehead atoms. The van der Waals surface area contributed by atoms with Crippen LogP contribution in [0.4, 0.5) is 4.39 Å². The number of carbonyl (C=O) groups excluding carboxylic acids is 1. The molecular formula is C15H20FNO3S. The minimum atomic E-state index is -0.921. The fraction of sp³-hybridized carbons (Fsp3) is 0.533. The van der Waals surface area contributed by atoms with Crippen LogP contribution in [0.1, 0.15) is 31.1 Å². The zero-order valence-electron chi connectivity index (χ0n) is 12.5. The number of ether oxygens (including phenoxy) is 1. The highest BCUT2D eigenvalue weighted by molar-refractivity contribution is 7.85. The lowest BCUT2D eigenvalue weighted by Gasteiger charge is -2.37. The molecule has 1 aromatic carbocycles. The van der Waals surface area contributed by atoms with Crippen molar-refractivity contribution in [2.75, 3.05) is 18.9 Å². The van der Waals surface area contributed by atoms with Crippen LogP contribution in [0.5, 0.6) is 5.75 Å². The Morgan fingerprint density at radius 1 is 1.48 bits per heavy atom. The molecule has 1 aliphatic rings. The molecule has 1 heterocycles. The second-order valence-electron chi connectivity index (χ2n) is 5.08. The van der Waals surface area contributed by atoms with Crippen LogP contribution >= 0.6 is 0 Å². The lowest BCUT2D eigenvalue weighted by atomic mass is 10.1. The van der Waals surface area contributed by atoms with Gasteiger partial charge in [-0.1, -0.05) is 6.07 Å². The number of hydrogen-bond donors (Lipinski definition) is 0. The first kappa shape index (κ1) is 15.9. The molecule has 0 radical (unpaired) electrons. The van der Waals surface area contributed by atoms with Gasteiger partial charge in [0, 0.05) is 29.1 Å². The van der Waals surface area contributed by atoms with Gasteiger partial charge in [0.15, 0.2) is 11.6 Å². The van der Waals surface area contributed by atoms with Crippen molar-refractivity contribution in [2.45, 2.75) is 32.1 Å². The van der Waals surface area contributed by atoms with Gasteiger partial charge in [0.2, 0.25) is 0 Å². The number of carbonyl (C=O) groups is 1. The largest absolute Gasteiger partial charge is 0.490 e. The van der Waals surface area contributed by atoms with Crippen molar-refractivity contribution in [3.8, 4) is 5.75 Å². The monoisotopic (exact) mass is 313 g/mol. The van der Waals surface area contributed by atoms with Crippen LogP contribution in [0, 0.1) is 5.82 Å². The van der Waals surface area contributed by atoms with E-state index in [-0.39, 0.29) is 35.1 Å². The van der Waals surface area contributed by atoms with E-state index in [9.17, 15) is 13.4 Å². The van der Waals surface area contributed by atoms with Gasteiger partial charge in [-0.05, 0) is 32.9 Å². The topological polar surface area (TPSA) is 46.6 Å². The van der Waals surface area contributed by atoms with E-state index in [0.29, 0.717) is 12.3 Å². The first-order chi connectivity index (χ1) is 9.97. The van der Waals surface area contributed by atoms with E-state index >= 15 is 0 Å². The maximum atomic E-state index is 13.9. The van der Waals surface area contributed by atoms with Crippen LogP contribution in [0.3, 0.4) is 0 Å². The summed E-state index contributed by atoms with van der Waals surface area (Å²) in [6, 6.07) is 4.20. The molecule has 0 spiro atoms. The molecule has 0 N–H and O–H groups in total. The van der Waals surface area contributed by atoms with E-state index in [4.69, 9.17) is 4.74 Å². The number of rotatable bonds is 3. The number of halogens is 1. The maximum Gasteiger partial charge on any atom is 0.258 e. The molecule has 2 rings (SSSR count). The summed E-state index contributed by atoms with van der Waals surface area (Å²) >= 11 is 0. The van der Waals surface area contributed by atoms with Crippen LogP contribution < -0.4 is 4.74 Å². The van der Waals surface area contributed by atoms with E-state index in [1.165, 1.54) is 12.1 Å². The second kappa shape index (κ2) is 6.56. The van der Waals surface area contributed by atoms with Gasteiger partial charge in [0.25, 0.3) is 5.91 Å². The van der Waals surface area contributed by atoms with Gasteiger partial charge in [-0.25, -0.2) is 4.39 Å². The van der Waals surface area contributed by atoms with Gasteiger partial charge >= 0.3 is 0 Å². The first-order valence-electron chi connectivity index (χ1n) is 7.06. The van der Waals surface area contributed by atoms with Gasteiger partial charge in [-0.15, -0.1) is 0 Å². The minimum Gasteiger partial charge on any atom is -0.490 e. The van der Waals surface area contributed by atoms with Crippen molar-refractivity contribution < 1.29 is 18.1 Å². The second-order valence-corrected chi connectivity index (χ2v) is 6.99. The van der Waals surface area contributed by atoms with Gasteiger partial charge in [-0.2, -0.15) is 0 Å². The van der Waals surface area contributed by atoms with Gasteiger partial charge in [-0.3, -0.25) is 9.00 Å². The van der Waals surface area contributed by atoms with Crippen LogP contribution in [-0.2, 0) is 10.8 Å². The Bertz CT molecular complexity index is 564. The third-order valence-electron chi connectivity index (χ3n) is 3.87. The van der Waals surface area contributed by atoms with Crippen LogP contribution in [0.15, 0.2) is 18.2 Å². The maximum absolute atomic E-state index is 13.9. The van der Waals surface area contributed by atoms with Crippen molar-refractivity contribution in [2.24, 2.45) is 0 Å². The Balaban J connectivity index is 2.32. The summed E-state index contributed by atoms with van der Waals surface area (Å²) in [7, 11) is -0.921. The summed E-state index contributed by atoms with van der Waals surface area (Å²) in [4.78, 5) is 14.3. The Kier molecular flexibility index (Phi) is 4.98. The predicted molar refractivity (Wildman–Crippen MR) is 80.5 cm³/mol. The lowest BCUT2D eigenvalue weighted by Crippen LogP contribution is -2.52. The van der Waals surface area contributed by atoms with Crippen molar-refractivity contribution in [1.29, 1.82) is 0 Å². The molecule has 0 saturated carbocycles. The van der Waals surface area contributed by atoms with E-state index < -0.39 is 16.6 Å². The quantitative estimate of drug-likeness (QED) is 0.859. The Hall–Kier alpha value is -1.43. The van der Waals surface area contributed by atoms with Crippen LogP contribution in [0.25, 0.3) is 0 Å².